The average molecular weight is 436 g/mol. The zero-order chi connectivity index (χ0) is 22.2. The molecular formula is C23H25FN6O2. The standard InChI is InChI=1S/C23H25FN6O2/c1-14-22(31)28-21-18(26-14)6-2-15(20(21)24)13-29-8-10-30(11-9-29)17-5-7-19(25-12-17)23(32)27-16-3-4-16/h2,5-7,12,16H,3-4,8-11,13H2,1H3,(H,27,32)(H,28,31). The Morgan fingerprint density at radius 1 is 1.19 bits per heavy atom. The van der Waals surface area contributed by atoms with Crippen molar-refractivity contribution in [1.29, 1.82) is 0 Å². The summed E-state index contributed by atoms with van der Waals surface area (Å²) in [5, 5.41) is 2.94. The molecule has 0 spiro atoms. The lowest BCUT2D eigenvalue weighted by atomic mass is 10.1. The molecule has 3 heterocycles. The number of rotatable bonds is 5. The van der Waals surface area contributed by atoms with Crippen LogP contribution >= 0.6 is 0 Å². The maximum absolute atomic E-state index is 15.0. The third-order valence-electron chi connectivity index (χ3n) is 6.08. The molecule has 2 N–H and O–H groups in total. The van der Waals surface area contributed by atoms with E-state index in [1.54, 1.807) is 31.3 Å². The highest BCUT2D eigenvalue weighted by atomic mass is 19.1. The van der Waals surface area contributed by atoms with Gasteiger partial charge in [0.15, 0.2) is 5.82 Å². The molecule has 1 aromatic carbocycles. The number of fused-ring (bicyclic) bond motifs is 1. The molecule has 2 fully saturated rings. The molecule has 8 nitrogen and oxygen atoms in total. The van der Waals surface area contributed by atoms with Gasteiger partial charge in [0.05, 0.1) is 17.4 Å². The van der Waals surface area contributed by atoms with Gasteiger partial charge in [0.2, 0.25) is 0 Å². The molecular weight excluding hydrogens is 411 g/mol. The fraction of sp³-hybridized carbons (Fsp3) is 0.391. The number of aromatic nitrogens is 3. The molecule has 3 aromatic rings. The molecule has 2 aliphatic rings. The second-order valence-corrected chi connectivity index (χ2v) is 8.50. The number of amides is 1. The fourth-order valence-corrected chi connectivity index (χ4v) is 3.98. The van der Waals surface area contributed by atoms with Gasteiger partial charge in [-0.3, -0.25) is 14.5 Å². The number of carbonyl (C=O) groups is 1. The third kappa shape index (κ3) is 4.20. The molecule has 5 rings (SSSR count). The normalized spacial score (nSPS) is 17.0. The van der Waals surface area contributed by atoms with Crippen molar-refractivity contribution >= 4 is 22.6 Å². The molecule has 0 unspecified atom stereocenters. The van der Waals surface area contributed by atoms with E-state index < -0.39 is 5.82 Å². The first-order valence-electron chi connectivity index (χ1n) is 10.9. The van der Waals surface area contributed by atoms with Gasteiger partial charge in [0, 0.05) is 44.3 Å². The Morgan fingerprint density at radius 2 is 1.97 bits per heavy atom. The summed E-state index contributed by atoms with van der Waals surface area (Å²) in [7, 11) is 0. The van der Waals surface area contributed by atoms with Crippen LogP contribution < -0.4 is 15.8 Å². The number of aromatic amines is 1. The molecule has 1 aliphatic carbocycles. The van der Waals surface area contributed by atoms with Gasteiger partial charge in [0.1, 0.15) is 16.9 Å². The first kappa shape index (κ1) is 20.6. The summed E-state index contributed by atoms with van der Waals surface area (Å²) in [5.41, 5.74) is 2.53. The number of halogens is 1. The smallest absolute Gasteiger partial charge is 0.270 e. The summed E-state index contributed by atoms with van der Waals surface area (Å²) >= 11 is 0. The van der Waals surface area contributed by atoms with Crippen molar-refractivity contribution in [2.45, 2.75) is 32.4 Å². The molecule has 166 valence electrons. The number of piperazine rings is 1. The lowest BCUT2D eigenvalue weighted by Crippen LogP contribution is -2.46. The first-order chi connectivity index (χ1) is 15.5. The second kappa shape index (κ2) is 8.31. The third-order valence-corrected chi connectivity index (χ3v) is 6.08. The number of nitrogens with zero attached hydrogens (tertiary/aromatic N) is 4. The Labute approximate surface area is 184 Å². The minimum atomic E-state index is -0.418. The number of aryl methyl sites for hydroxylation is 1. The van der Waals surface area contributed by atoms with E-state index in [2.05, 4.69) is 30.1 Å². The Kier molecular flexibility index (Phi) is 5.34. The summed E-state index contributed by atoms with van der Waals surface area (Å²) in [6.07, 6.45) is 3.84. The van der Waals surface area contributed by atoms with E-state index >= 15 is 0 Å². The minimum Gasteiger partial charge on any atom is -0.368 e. The molecule has 32 heavy (non-hydrogen) atoms. The minimum absolute atomic E-state index is 0.118. The van der Waals surface area contributed by atoms with Crippen LogP contribution in [0, 0.1) is 12.7 Å². The number of pyridine rings is 1. The Bertz CT molecular complexity index is 1210. The van der Waals surface area contributed by atoms with Crippen LogP contribution in [-0.4, -0.2) is 58.0 Å². The van der Waals surface area contributed by atoms with Crippen molar-refractivity contribution in [3.05, 3.63) is 63.6 Å². The van der Waals surface area contributed by atoms with Crippen molar-refractivity contribution in [2.75, 3.05) is 31.1 Å². The van der Waals surface area contributed by atoms with E-state index in [1.165, 1.54) is 0 Å². The second-order valence-electron chi connectivity index (χ2n) is 8.50. The Hall–Kier alpha value is -3.33. The number of hydrogen-bond donors (Lipinski definition) is 2. The van der Waals surface area contributed by atoms with E-state index in [1.807, 2.05) is 6.07 Å². The summed E-state index contributed by atoms with van der Waals surface area (Å²) in [6.45, 7) is 5.16. The molecule has 0 bridgehead atoms. The summed E-state index contributed by atoms with van der Waals surface area (Å²) < 4.78 is 15.0. The first-order valence-corrected chi connectivity index (χ1v) is 10.9. The summed E-state index contributed by atoms with van der Waals surface area (Å²) in [6, 6.07) is 7.49. The van der Waals surface area contributed by atoms with E-state index in [9.17, 15) is 14.0 Å². The van der Waals surface area contributed by atoms with Crippen LogP contribution in [0.15, 0.2) is 35.3 Å². The number of carbonyl (C=O) groups excluding carboxylic acids is 1. The molecule has 0 atom stereocenters. The van der Waals surface area contributed by atoms with Crippen LogP contribution in [0.1, 0.15) is 34.6 Å². The summed E-state index contributed by atoms with van der Waals surface area (Å²) in [4.78, 5) is 39.4. The lowest BCUT2D eigenvalue weighted by Gasteiger charge is -2.36. The van der Waals surface area contributed by atoms with Gasteiger partial charge in [-0.25, -0.2) is 14.4 Å². The van der Waals surface area contributed by atoms with Crippen LogP contribution in [0.5, 0.6) is 0 Å². The van der Waals surface area contributed by atoms with E-state index in [-0.39, 0.29) is 17.0 Å². The highest BCUT2D eigenvalue weighted by Crippen LogP contribution is 2.22. The van der Waals surface area contributed by atoms with Gasteiger partial charge in [-0.05, 0) is 38.0 Å². The van der Waals surface area contributed by atoms with Gasteiger partial charge in [-0.2, -0.15) is 0 Å². The number of benzene rings is 1. The van der Waals surface area contributed by atoms with Crippen molar-refractivity contribution in [2.24, 2.45) is 0 Å². The van der Waals surface area contributed by atoms with Crippen LogP contribution in [0.3, 0.4) is 0 Å². The average Bonchev–Trinajstić information content (AvgIpc) is 3.62. The molecule has 1 amide bonds. The van der Waals surface area contributed by atoms with E-state index in [4.69, 9.17) is 0 Å². The molecule has 0 radical (unpaired) electrons. The Balaban J connectivity index is 1.21. The van der Waals surface area contributed by atoms with Gasteiger partial charge in [-0.15, -0.1) is 0 Å². The molecule has 1 saturated heterocycles. The van der Waals surface area contributed by atoms with Gasteiger partial charge in [-0.1, -0.05) is 6.07 Å². The zero-order valence-electron chi connectivity index (χ0n) is 17.9. The van der Waals surface area contributed by atoms with E-state index in [0.29, 0.717) is 35.1 Å². The largest absolute Gasteiger partial charge is 0.368 e. The van der Waals surface area contributed by atoms with Crippen molar-refractivity contribution in [3.8, 4) is 0 Å². The quantitative estimate of drug-likeness (QED) is 0.635. The van der Waals surface area contributed by atoms with Gasteiger partial charge in [0.25, 0.3) is 11.5 Å². The maximum Gasteiger partial charge on any atom is 0.270 e. The topological polar surface area (TPSA) is 94.2 Å². The van der Waals surface area contributed by atoms with Gasteiger partial charge < -0.3 is 15.2 Å². The highest BCUT2D eigenvalue weighted by molar-refractivity contribution is 5.92. The number of nitrogens with one attached hydrogen (secondary N) is 2. The molecule has 9 heteroatoms. The molecule has 1 saturated carbocycles. The van der Waals surface area contributed by atoms with E-state index in [0.717, 1.165) is 44.7 Å². The van der Waals surface area contributed by atoms with Crippen LogP contribution in [-0.2, 0) is 6.54 Å². The highest BCUT2D eigenvalue weighted by Gasteiger charge is 2.25. The molecule has 1 aliphatic heterocycles. The number of anilines is 1. The monoisotopic (exact) mass is 436 g/mol. The van der Waals surface area contributed by atoms with Crippen LogP contribution in [0.2, 0.25) is 0 Å². The predicted octanol–water partition coefficient (Wildman–Crippen LogP) is 1.98. The van der Waals surface area contributed by atoms with Crippen molar-refractivity contribution in [3.63, 3.8) is 0 Å². The lowest BCUT2D eigenvalue weighted by molar-refractivity contribution is 0.0946. The summed E-state index contributed by atoms with van der Waals surface area (Å²) in [5.74, 6) is -0.535. The van der Waals surface area contributed by atoms with Crippen molar-refractivity contribution < 1.29 is 9.18 Å². The number of hydrogen-bond acceptors (Lipinski definition) is 6. The maximum atomic E-state index is 15.0. The molecule has 2 aromatic heterocycles. The van der Waals surface area contributed by atoms with Gasteiger partial charge >= 0.3 is 0 Å². The fourth-order valence-electron chi connectivity index (χ4n) is 3.98. The van der Waals surface area contributed by atoms with Crippen molar-refractivity contribution in [1.82, 2.24) is 25.2 Å². The Morgan fingerprint density at radius 3 is 2.66 bits per heavy atom. The van der Waals surface area contributed by atoms with Crippen LogP contribution in [0.4, 0.5) is 10.1 Å². The number of H-pyrrole nitrogens is 1. The zero-order valence-corrected chi connectivity index (χ0v) is 17.9. The SMILES string of the molecule is Cc1nc2ccc(CN3CCN(c4ccc(C(=O)NC5CC5)nc4)CC3)c(F)c2[nH]c1=O. The van der Waals surface area contributed by atoms with Crippen LogP contribution in [0.25, 0.3) is 11.0 Å². The predicted molar refractivity (Wildman–Crippen MR) is 119 cm³/mol.